The number of nitrogens with one attached hydrogen (secondary N) is 1. The van der Waals surface area contributed by atoms with Crippen LogP contribution in [0.1, 0.15) is 33.1 Å². The molecule has 0 saturated heterocycles. The van der Waals surface area contributed by atoms with E-state index in [2.05, 4.69) is 31.1 Å². The Morgan fingerprint density at radius 1 is 1.59 bits per heavy atom. The molecule has 0 aliphatic heterocycles. The van der Waals surface area contributed by atoms with Crippen molar-refractivity contribution >= 4 is 5.91 Å². The molecule has 1 aliphatic rings. The standard InChI is InChI=1S/C13H27N3O/c1-4-6-15-12(13(14)17)5-7-16(3)9-11-8-10(11)2/h10-12,15H,4-9H2,1-3H3,(H2,14,17). The maximum absolute atomic E-state index is 11.2. The van der Waals surface area contributed by atoms with Crippen molar-refractivity contribution in [3.8, 4) is 0 Å². The molecule has 4 heteroatoms. The van der Waals surface area contributed by atoms with Gasteiger partial charge in [0.15, 0.2) is 0 Å². The third-order valence-corrected chi connectivity index (χ3v) is 3.61. The van der Waals surface area contributed by atoms with Crippen molar-refractivity contribution in [3.63, 3.8) is 0 Å². The molecule has 0 spiro atoms. The van der Waals surface area contributed by atoms with Crippen LogP contribution in [0.4, 0.5) is 0 Å². The minimum atomic E-state index is -0.230. The van der Waals surface area contributed by atoms with Crippen LogP contribution in [0.2, 0.25) is 0 Å². The van der Waals surface area contributed by atoms with Crippen molar-refractivity contribution in [2.75, 3.05) is 26.7 Å². The van der Waals surface area contributed by atoms with Crippen LogP contribution in [0.15, 0.2) is 0 Å². The summed E-state index contributed by atoms with van der Waals surface area (Å²) in [6.45, 7) is 7.34. The minimum absolute atomic E-state index is 0.172. The Kier molecular flexibility index (Phi) is 5.92. The third-order valence-electron chi connectivity index (χ3n) is 3.61. The SMILES string of the molecule is CCCNC(CCN(C)CC1CC1C)C(N)=O. The van der Waals surface area contributed by atoms with E-state index in [1.807, 2.05) is 0 Å². The lowest BCUT2D eigenvalue weighted by molar-refractivity contribution is -0.120. The fourth-order valence-electron chi connectivity index (χ4n) is 2.16. The highest BCUT2D eigenvalue weighted by molar-refractivity contribution is 5.79. The predicted octanol–water partition coefficient (Wildman–Crippen LogP) is 0.818. The predicted molar refractivity (Wildman–Crippen MR) is 70.7 cm³/mol. The van der Waals surface area contributed by atoms with Crippen molar-refractivity contribution in [1.29, 1.82) is 0 Å². The molecule has 100 valence electrons. The molecule has 1 saturated carbocycles. The van der Waals surface area contributed by atoms with Crippen molar-refractivity contribution in [3.05, 3.63) is 0 Å². The van der Waals surface area contributed by atoms with Crippen LogP contribution in [0, 0.1) is 11.8 Å². The number of nitrogens with two attached hydrogens (primary N) is 1. The molecular formula is C13H27N3O. The number of hydrogen-bond acceptors (Lipinski definition) is 3. The second-order valence-corrected chi connectivity index (χ2v) is 5.43. The van der Waals surface area contributed by atoms with Crippen molar-refractivity contribution in [1.82, 2.24) is 10.2 Å². The molecule has 0 aromatic carbocycles. The molecule has 0 bridgehead atoms. The molecule has 3 unspecified atom stereocenters. The van der Waals surface area contributed by atoms with Crippen molar-refractivity contribution in [2.45, 2.75) is 39.2 Å². The van der Waals surface area contributed by atoms with Gasteiger partial charge in [-0.1, -0.05) is 13.8 Å². The summed E-state index contributed by atoms with van der Waals surface area (Å²) in [7, 11) is 2.13. The Hall–Kier alpha value is -0.610. The van der Waals surface area contributed by atoms with Gasteiger partial charge in [0.2, 0.25) is 5.91 Å². The van der Waals surface area contributed by atoms with E-state index in [1.165, 1.54) is 6.42 Å². The lowest BCUT2D eigenvalue weighted by Crippen LogP contribution is -2.43. The zero-order chi connectivity index (χ0) is 12.8. The Balaban J connectivity index is 2.18. The number of nitrogens with zero attached hydrogens (tertiary/aromatic N) is 1. The number of carbonyl (C=O) groups excluding carboxylic acids is 1. The van der Waals surface area contributed by atoms with Gasteiger partial charge in [-0.15, -0.1) is 0 Å². The first-order valence-electron chi connectivity index (χ1n) is 6.75. The largest absolute Gasteiger partial charge is 0.368 e. The van der Waals surface area contributed by atoms with E-state index in [0.717, 1.165) is 44.3 Å². The van der Waals surface area contributed by atoms with Gasteiger partial charge in [0.05, 0.1) is 6.04 Å². The quantitative estimate of drug-likeness (QED) is 0.628. The Morgan fingerprint density at radius 2 is 2.24 bits per heavy atom. The first-order valence-corrected chi connectivity index (χ1v) is 6.75. The molecule has 1 rings (SSSR count). The van der Waals surface area contributed by atoms with E-state index in [4.69, 9.17) is 5.73 Å². The van der Waals surface area contributed by atoms with Gasteiger partial charge in [-0.3, -0.25) is 4.79 Å². The van der Waals surface area contributed by atoms with E-state index >= 15 is 0 Å². The number of carbonyl (C=O) groups is 1. The Morgan fingerprint density at radius 3 is 2.71 bits per heavy atom. The lowest BCUT2D eigenvalue weighted by Gasteiger charge is -2.20. The molecule has 3 atom stereocenters. The summed E-state index contributed by atoms with van der Waals surface area (Å²) >= 11 is 0. The second-order valence-electron chi connectivity index (χ2n) is 5.43. The molecule has 0 aromatic rings. The Labute approximate surface area is 105 Å². The zero-order valence-electron chi connectivity index (χ0n) is 11.4. The molecule has 1 amide bonds. The summed E-state index contributed by atoms with van der Waals surface area (Å²) in [4.78, 5) is 13.6. The maximum Gasteiger partial charge on any atom is 0.234 e. The van der Waals surface area contributed by atoms with Crippen LogP contribution in [0.5, 0.6) is 0 Å². The van der Waals surface area contributed by atoms with Crippen LogP contribution in [-0.2, 0) is 4.79 Å². The number of primary amides is 1. The Bertz CT molecular complexity index is 245. The number of rotatable bonds is 9. The van der Waals surface area contributed by atoms with Crippen LogP contribution in [0.25, 0.3) is 0 Å². The van der Waals surface area contributed by atoms with E-state index in [1.54, 1.807) is 0 Å². The highest BCUT2D eigenvalue weighted by Gasteiger charge is 2.33. The minimum Gasteiger partial charge on any atom is -0.368 e. The average molecular weight is 241 g/mol. The van der Waals surface area contributed by atoms with Crippen LogP contribution >= 0.6 is 0 Å². The summed E-state index contributed by atoms with van der Waals surface area (Å²) < 4.78 is 0. The van der Waals surface area contributed by atoms with Gasteiger partial charge in [0, 0.05) is 6.54 Å². The van der Waals surface area contributed by atoms with Gasteiger partial charge in [0.1, 0.15) is 0 Å². The molecule has 0 radical (unpaired) electrons. The van der Waals surface area contributed by atoms with E-state index in [9.17, 15) is 4.79 Å². The summed E-state index contributed by atoms with van der Waals surface area (Å²) in [6.07, 6.45) is 3.20. The van der Waals surface area contributed by atoms with Gasteiger partial charge in [-0.05, 0) is 51.2 Å². The maximum atomic E-state index is 11.2. The molecular weight excluding hydrogens is 214 g/mol. The van der Waals surface area contributed by atoms with E-state index < -0.39 is 0 Å². The van der Waals surface area contributed by atoms with Crippen molar-refractivity contribution in [2.24, 2.45) is 17.6 Å². The molecule has 0 heterocycles. The average Bonchev–Trinajstić information content (AvgIpc) is 2.93. The fourth-order valence-corrected chi connectivity index (χ4v) is 2.16. The number of hydrogen-bond donors (Lipinski definition) is 2. The summed E-state index contributed by atoms with van der Waals surface area (Å²) in [5.41, 5.74) is 5.38. The first-order chi connectivity index (χ1) is 8.04. The molecule has 1 fully saturated rings. The molecule has 3 N–H and O–H groups in total. The molecule has 0 aromatic heterocycles. The third kappa shape index (κ3) is 5.50. The second kappa shape index (κ2) is 6.97. The summed E-state index contributed by atoms with van der Waals surface area (Å²) in [5, 5.41) is 3.20. The topological polar surface area (TPSA) is 58.4 Å². The van der Waals surface area contributed by atoms with Crippen LogP contribution in [0.3, 0.4) is 0 Å². The highest BCUT2D eigenvalue weighted by atomic mass is 16.1. The number of amides is 1. The normalized spacial score (nSPS) is 24.9. The summed E-state index contributed by atoms with van der Waals surface area (Å²) in [6, 6.07) is -0.172. The van der Waals surface area contributed by atoms with Crippen LogP contribution in [-0.4, -0.2) is 43.5 Å². The molecule has 4 nitrogen and oxygen atoms in total. The van der Waals surface area contributed by atoms with E-state index in [-0.39, 0.29) is 11.9 Å². The van der Waals surface area contributed by atoms with E-state index in [0.29, 0.717) is 0 Å². The first kappa shape index (κ1) is 14.5. The van der Waals surface area contributed by atoms with Gasteiger partial charge >= 0.3 is 0 Å². The van der Waals surface area contributed by atoms with Gasteiger partial charge in [0.25, 0.3) is 0 Å². The lowest BCUT2D eigenvalue weighted by atomic mass is 10.1. The molecule has 1 aliphatic carbocycles. The molecule has 17 heavy (non-hydrogen) atoms. The van der Waals surface area contributed by atoms with Gasteiger partial charge < -0.3 is 16.0 Å². The smallest absolute Gasteiger partial charge is 0.234 e. The van der Waals surface area contributed by atoms with Crippen LogP contribution < -0.4 is 11.1 Å². The van der Waals surface area contributed by atoms with Gasteiger partial charge in [-0.2, -0.15) is 0 Å². The highest BCUT2D eigenvalue weighted by Crippen LogP contribution is 2.37. The fraction of sp³-hybridized carbons (Fsp3) is 0.923. The van der Waals surface area contributed by atoms with Crippen molar-refractivity contribution < 1.29 is 4.79 Å². The monoisotopic (exact) mass is 241 g/mol. The summed E-state index contributed by atoms with van der Waals surface area (Å²) in [5.74, 6) is 1.53. The zero-order valence-corrected chi connectivity index (χ0v) is 11.4. The van der Waals surface area contributed by atoms with Gasteiger partial charge in [-0.25, -0.2) is 0 Å².